The zero-order valence-corrected chi connectivity index (χ0v) is 22.6. The van der Waals surface area contributed by atoms with Crippen LogP contribution in [0, 0.1) is 0 Å². The summed E-state index contributed by atoms with van der Waals surface area (Å²) in [5.41, 5.74) is 2.40. The molecule has 0 fully saturated rings. The number of hydrogen-bond donors (Lipinski definition) is 5. The molecule has 4 rings (SSSR count). The summed E-state index contributed by atoms with van der Waals surface area (Å²) in [7, 11) is 0. The fourth-order valence-electron chi connectivity index (χ4n) is 4.71. The van der Waals surface area contributed by atoms with Crippen LogP contribution in [0.2, 0.25) is 0 Å². The number of carboxylic acids is 1. The van der Waals surface area contributed by atoms with E-state index in [-0.39, 0.29) is 13.0 Å². The van der Waals surface area contributed by atoms with Gasteiger partial charge in [-0.1, -0.05) is 18.9 Å². The SMILES string of the molecule is O=C(O)CC(NC(=O)CNC(=O)c1cc(NC2=NCCCCC2)cc(NC2=NCCCCC2)c1)c1cccnc1. The number of benzene rings is 1. The van der Waals surface area contributed by atoms with Crippen LogP contribution in [-0.4, -0.2) is 59.2 Å². The van der Waals surface area contributed by atoms with E-state index in [1.54, 1.807) is 30.5 Å². The highest BCUT2D eigenvalue weighted by Gasteiger charge is 2.19. The first-order valence-electron chi connectivity index (χ1n) is 13.9. The molecule has 2 aliphatic heterocycles. The predicted octanol–water partition coefficient (Wildman–Crippen LogP) is 3.91. The van der Waals surface area contributed by atoms with Crippen molar-refractivity contribution in [1.29, 1.82) is 0 Å². The van der Waals surface area contributed by atoms with Gasteiger partial charge in [0.1, 0.15) is 11.7 Å². The molecule has 0 bridgehead atoms. The number of nitrogens with one attached hydrogen (secondary N) is 4. The van der Waals surface area contributed by atoms with E-state index in [1.807, 2.05) is 6.07 Å². The summed E-state index contributed by atoms with van der Waals surface area (Å²) >= 11 is 0. The number of anilines is 2. The maximum absolute atomic E-state index is 13.2. The Kier molecular flexibility index (Phi) is 10.6. The van der Waals surface area contributed by atoms with Gasteiger partial charge in [-0.2, -0.15) is 0 Å². The summed E-state index contributed by atoms with van der Waals surface area (Å²) in [5, 5.41) is 21.4. The highest BCUT2D eigenvalue weighted by molar-refractivity contribution is 6.03. The largest absolute Gasteiger partial charge is 0.481 e. The Morgan fingerprint density at radius 3 is 2.10 bits per heavy atom. The molecule has 0 saturated carbocycles. The molecule has 212 valence electrons. The predicted molar refractivity (Wildman–Crippen MR) is 155 cm³/mol. The minimum Gasteiger partial charge on any atom is -0.481 e. The number of carbonyl (C=O) groups excluding carboxylic acids is 2. The van der Waals surface area contributed by atoms with Gasteiger partial charge >= 0.3 is 5.97 Å². The van der Waals surface area contributed by atoms with E-state index < -0.39 is 23.8 Å². The number of nitrogens with zero attached hydrogens (tertiary/aromatic N) is 3. The number of aliphatic imine (C=N–C) groups is 2. The number of aromatic nitrogens is 1. The molecular weight excluding hydrogens is 510 g/mol. The molecule has 5 N–H and O–H groups in total. The fraction of sp³-hybridized carbons (Fsp3) is 0.448. The second-order valence-corrected chi connectivity index (χ2v) is 10.0. The third-order valence-electron chi connectivity index (χ3n) is 6.73. The molecule has 11 nitrogen and oxygen atoms in total. The van der Waals surface area contributed by atoms with Crippen LogP contribution >= 0.6 is 0 Å². The molecule has 2 aromatic rings. The van der Waals surface area contributed by atoms with E-state index >= 15 is 0 Å². The number of hydrogen-bond acceptors (Lipinski definition) is 8. The molecule has 2 aliphatic rings. The summed E-state index contributed by atoms with van der Waals surface area (Å²) in [5.74, 6) is -0.196. The molecule has 1 atom stereocenters. The standard InChI is InChI=1S/C29H37N7O4/c37-27(36-24(17-28(38)39)20-8-7-11-30-18-20)19-33-29(40)21-14-22(34-25-9-3-1-5-12-31-25)16-23(15-21)35-26-10-4-2-6-13-32-26/h7-8,11,14-16,18,24H,1-6,9-10,12-13,17,19H2,(H,31,34)(H,32,35)(H,33,40)(H,36,37)(H,38,39). The Labute approximate surface area is 234 Å². The summed E-state index contributed by atoms with van der Waals surface area (Å²) in [6.45, 7) is 1.25. The second-order valence-electron chi connectivity index (χ2n) is 10.0. The van der Waals surface area contributed by atoms with Crippen LogP contribution in [0.1, 0.15) is 79.8 Å². The summed E-state index contributed by atoms with van der Waals surface area (Å²) in [6, 6.07) is 8.03. The quantitative estimate of drug-likeness (QED) is 0.318. The number of rotatable bonds is 9. The molecular formula is C29H37N7O4. The van der Waals surface area contributed by atoms with Crippen LogP contribution in [0.4, 0.5) is 11.4 Å². The smallest absolute Gasteiger partial charge is 0.305 e. The van der Waals surface area contributed by atoms with Crippen molar-refractivity contribution in [1.82, 2.24) is 15.6 Å². The molecule has 1 aromatic heterocycles. The van der Waals surface area contributed by atoms with Crippen molar-refractivity contribution in [3.8, 4) is 0 Å². The van der Waals surface area contributed by atoms with Gasteiger partial charge in [-0.3, -0.25) is 29.4 Å². The zero-order chi connectivity index (χ0) is 28.2. The normalized spacial score (nSPS) is 16.3. The van der Waals surface area contributed by atoms with Gasteiger partial charge < -0.3 is 26.4 Å². The fourth-order valence-corrected chi connectivity index (χ4v) is 4.71. The van der Waals surface area contributed by atoms with E-state index in [0.717, 1.165) is 87.5 Å². The van der Waals surface area contributed by atoms with E-state index in [4.69, 9.17) is 0 Å². The number of carboxylic acid groups (broad SMARTS) is 1. The van der Waals surface area contributed by atoms with Gasteiger partial charge in [0.15, 0.2) is 0 Å². The lowest BCUT2D eigenvalue weighted by Crippen LogP contribution is -2.39. The Morgan fingerprint density at radius 1 is 0.875 bits per heavy atom. The molecule has 3 heterocycles. The molecule has 2 amide bonds. The van der Waals surface area contributed by atoms with Crippen LogP contribution in [0.25, 0.3) is 0 Å². The molecule has 0 radical (unpaired) electrons. The molecule has 40 heavy (non-hydrogen) atoms. The third kappa shape index (κ3) is 9.18. The van der Waals surface area contributed by atoms with Crippen molar-refractivity contribution in [3.05, 3.63) is 53.9 Å². The number of carbonyl (C=O) groups is 3. The molecule has 0 saturated heterocycles. The monoisotopic (exact) mass is 547 g/mol. The van der Waals surface area contributed by atoms with E-state index in [1.165, 1.54) is 6.20 Å². The van der Waals surface area contributed by atoms with Gasteiger partial charge in [-0.05, 0) is 55.5 Å². The third-order valence-corrected chi connectivity index (χ3v) is 6.73. The van der Waals surface area contributed by atoms with Crippen LogP contribution in [-0.2, 0) is 9.59 Å². The van der Waals surface area contributed by atoms with Crippen LogP contribution in [0.3, 0.4) is 0 Å². The minimum atomic E-state index is -1.06. The molecule has 1 unspecified atom stereocenters. The highest BCUT2D eigenvalue weighted by Crippen LogP contribution is 2.22. The zero-order valence-electron chi connectivity index (χ0n) is 22.6. The van der Waals surface area contributed by atoms with Crippen LogP contribution in [0.5, 0.6) is 0 Å². The Bertz CT molecular complexity index is 1200. The van der Waals surface area contributed by atoms with Crippen molar-refractivity contribution >= 4 is 40.8 Å². The van der Waals surface area contributed by atoms with Crippen molar-refractivity contribution in [3.63, 3.8) is 0 Å². The average Bonchev–Trinajstić information content (AvgIpc) is 3.36. The molecule has 0 spiro atoms. The summed E-state index contributed by atoms with van der Waals surface area (Å²) in [6.07, 6.45) is 11.0. The van der Waals surface area contributed by atoms with Crippen molar-refractivity contribution in [2.45, 2.75) is 63.8 Å². The first-order valence-corrected chi connectivity index (χ1v) is 13.9. The van der Waals surface area contributed by atoms with Gasteiger partial charge in [-0.25, -0.2) is 0 Å². The second kappa shape index (κ2) is 14.8. The number of amidine groups is 2. The maximum Gasteiger partial charge on any atom is 0.305 e. The first-order chi connectivity index (χ1) is 19.5. The number of aliphatic carboxylic acids is 1. The first kappa shape index (κ1) is 28.7. The van der Waals surface area contributed by atoms with Gasteiger partial charge in [0.2, 0.25) is 5.91 Å². The number of pyridine rings is 1. The maximum atomic E-state index is 13.2. The van der Waals surface area contributed by atoms with Gasteiger partial charge in [0.25, 0.3) is 5.91 Å². The van der Waals surface area contributed by atoms with Crippen molar-refractivity contribution in [2.75, 3.05) is 30.3 Å². The molecule has 11 heteroatoms. The average molecular weight is 548 g/mol. The molecule has 1 aromatic carbocycles. The lowest BCUT2D eigenvalue weighted by molar-refractivity contribution is -0.137. The lowest BCUT2D eigenvalue weighted by Gasteiger charge is -2.18. The minimum absolute atomic E-state index is 0.304. The Hall–Kier alpha value is -4.28. The van der Waals surface area contributed by atoms with Crippen LogP contribution < -0.4 is 21.3 Å². The lowest BCUT2D eigenvalue weighted by atomic mass is 10.1. The van der Waals surface area contributed by atoms with Crippen molar-refractivity contribution in [2.24, 2.45) is 9.98 Å². The number of amides is 2. The summed E-state index contributed by atoms with van der Waals surface area (Å²) in [4.78, 5) is 50.5. The van der Waals surface area contributed by atoms with Gasteiger partial charge in [0, 0.05) is 55.3 Å². The van der Waals surface area contributed by atoms with Crippen molar-refractivity contribution < 1.29 is 19.5 Å². The Balaban J connectivity index is 1.46. The molecule has 0 aliphatic carbocycles. The van der Waals surface area contributed by atoms with E-state index in [0.29, 0.717) is 11.1 Å². The highest BCUT2D eigenvalue weighted by atomic mass is 16.4. The van der Waals surface area contributed by atoms with Gasteiger partial charge in [0.05, 0.1) is 19.0 Å². The van der Waals surface area contributed by atoms with Gasteiger partial charge in [-0.15, -0.1) is 0 Å². The topological polar surface area (TPSA) is 157 Å². The van der Waals surface area contributed by atoms with E-state index in [2.05, 4.69) is 36.2 Å². The summed E-state index contributed by atoms with van der Waals surface area (Å²) < 4.78 is 0. The van der Waals surface area contributed by atoms with E-state index in [9.17, 15) is 19.5 Å². The Morgan fingerprint density at radius 2 is 1.52 bits per heavy atom. The van der Waals surface area contributed by atoms with Crippen LogP contribution in [0.15, 0.2) is 52.7 Å².